The summed E-state index contributed by atoms with van der Waals surface area (Å²) in [6.07, 6.45) is 0. The number of amides is 2. The van der Waals surface area contributed by atoms with Gasteiger partial charge in [-0.2, -0.15) is 0 Å². The summed E-state index contributed by atoms with van der Waals surface area (Å²) in [5, 5.41) is 11.4. The van der Waals surface area contributed by atoms with Gasteiger partial charge in [0.1, 0.15) is 12.2 Å². The summed E-state index contributed by atoms with van der Waals surface area (Å²) in [6.45, 7) is 9.08. The lowest BCUT2D eigenvalue weighted by Crippen LogP contribution is -2.65. The summed E-state index contributed by atoms with van der Waals surface area (Å²) < 4.78 is 5.23. The molecule has 0 spiro atoms. The molecule has 1 aliphatic rings. The Hall–Kier alpha value is -1.30. The van der Waals surface area contributed by atoms with E-state index in [2.05, 4.69) is 5.32 Å². The molecule has 18 heavy (non-hydrogen) atoms. The summed E-state index contributed by atoms with van der Waals surface area (Å²) in [4.78, 5) is 23.8. The Labute approximate surface area is 107 Å². The van der Waals surface area contributed by atoms with Crippen LogP contribution in [-0.4, -0.2) is 53.8 Å². The van der Waals surface area contributed by atoms with E-state index < -0.39 is 11.6 Å². The number of aliphatic carboxylic acids is 1. The molecule has 1 fully saturated rings. The van der Waals surface area contributed by atoms with E-state index in [1.807, 2.05) is 27.7 Å². The number of hydrogen-bond donors (Lipinski definition) is 2. The SMILES string of the molecule is CC(C)(C)CNC(=O)N1CC(C)(OCC(=O)O)C1. The molecule has 1 rings (SSSR count). The molecule has 0 saturated carbocycles. The van der Waals surface area contributed by atoms with E-state index in [9.17, 15) is 9.59 Å². The Kier molecular flexibility index (Phi) is 4.21. The average Bonchev–Trinajstić information content (AvgIpc) is 2.18. The van der Waals surface area contributed by atoms with Crippen molar-refractivity contribution in [1.82, 2.24) is 10.2 Å². The Morgan fingerprint density at radius 1 is 1.39 bits per heavy atom. The fourth-order valence-corrected chi connectivity index (χ4v) is 1.68. The van der Waals surface area contributed by atoms with Gasteiger partial charge >= 0.3 is 12.0 Å². The number of rotatable bonds is 4. The fraction of sp³-hybridized carbons (Fsp3) is 0.833. The van der Waals surface area contributed by atoms with Crippen molar-refractivity contribution in [3.63, 3.8) is 0 Å². The molecule has 0 aliphatic carbocycles. The molecule has 6 heteroatoms. The van der Waals surface area contributed by atoms with Crippen LogP contribution in [-0.2, 0) is 9.53 Å². The Balaban J connectivity index is 2.28. The number of hydrogen-bond acceptors (Lipinski definition) is 3. The summed E-state index contributed by atoms with van der Waals surface area (Å²) >= 11 is 0. The molecular weight excluding hydrogens is 236 g/mol. The van der Waals surface area contributed by atoms with Gasteiger partial charge in [0.05, 0.1) is 13.1 Å². The van der Waals surface area contributed by atoms with E-state index in [1.165, 1.54) is 0 Å². The van der Waals surface area contributed by atoms with Crippen LogP contribution in [0.3, 0.4) is 0 Å². The molecule has 0 aromatic carbocycles. The first-order valence-electron chi connectivity index (χ1n) is 6.00. The Morgan fingerprint density at radius 2 is 1.94 bits per heavy atom. The lowest BCUT2D eigenvalue weighted by molar-refractivity contribution is -0.159. The quantitative estimate of drug-likeness (QED) is 0.786. The standard InChI is InChI=1S/C12H22N2O4/c1-11(2,3)6-13-10(17)14-7-12(4,8-14)18-5-9(15)16/h5-8H2,1-4H3,(H,13,17)(H,15,16). The van der Waals surface area contributed by atoms with Crippen LogP contribution in [0, 0.1) is 5.41 Å². The first-order valence-corrected chi connectivity index (χ1v) is 6.00. The van der Waals surface area contributed by atoms with Gasteiger partial charge < -0.3 is 20.1 Å². The predicted molar refractivity (Wildman–Crippen MR) is 66.4 cm³/mol. The van der Waals surface area contributed by atoms with Crippen LogP contribution in [0.15, 0.2) is 0 Å². The van der Waals surface area contributed by atoms with Gasteiger partial charge in [-0.05, 0) is 12.3 Å². The zero-order valence-electron chi connectivity index (χ0n) is 11.4. The second-order valence-electron chi connectivity index (χ2n) is 6.21. The molecule has 0 atom stereocenters. The molecular formula is C12H22N2O4. The third-order valence-corrected chi connectivity index (χ3v) is 2.65. The van der Waals surface area contributed by atoms with Crippen LogP contribution < -0.4 is 5.32 Å². The van der Waals surface area contributed by atoms with E-state index in [0.717, 1.165) is 0 Å². The van der Waals surface area contributed by atoms with Crippen LogP contribution >= 0.6 is 0 Å². The maximum atomic E-state index is 11.7. The highest BCUT2D eigenvalue weighted by Crippen LogP contribution is 2.24. The Morgan fingerprint density at radius 3 is 2.39 bits per heavy atom. The maximum absolute atomic E-state index is 11.7. The highest BCUT2D eigenvalue weighted by molar-refractivity contribution is 5.75. The van der Waals surface area contributed by atoms with Gasteiger partial charge in [0.2, 0.25) is 0 Å². The minimum atomic E-state index is -0.994. The number of nitrogens with one attached hydrogen (secondary N) is 1. The minimum absolute atomic E-state index is 0.0453. The van der Waals surface area contributed by atoms with Crippen molar-refractivity contribution in [2.45, 2.75) is 33.3 Å². The van der Waals surface area contributed by atoms with Crippen molar-refractivity contribution in [2.75, 3.05) is 26.2 Å². The highest BCUT2D eigenvalue weighted by atomic mass is 16.5. The van der Waals surface area contributed by atoms with Gasteiger partial charge in [0, 0.05) is 6.54 Å². The number of carbonyl (C=O) groups excluding carboxylic acids is 1. The monoisotopic (exact) mass is 258 g/mol. The van der Waals surface area contributed by atoms with Gasteiger partial charge in [-0.15, -0.1) is 0 Å². The van der Waals surface area contributed by atoms with Crippen LogP contribution in [0.2, 0.25) is 0 Å². The number of urea groups is 1. The fourth-order valence-electron chi connectivity index (χ4n) is 1.68. The maximum Gasteiger partial charge on any atom is 0.329 e. The van der Waals surface area contributed by atoms with E-state index in [4.69, 9.17) is 9.84 Å². The normalized spacial score (nSPS) is 18.1. The lowest BCUT2D eigenvalue weighted by Gasteiger charge is -2.47. The van der Waals surface area contributed by atoms with Crippen molar-refractivity contribution in [1.29, 1.82) is 0 Å². The molecule has 0 aromatic rings. The smallest absolute Gasteiger partial charge is 0.329 e. The molecule has 0 radical (unpaired) electrons. The van der Waals surface area contributed by atoms with Crippen molar-refractivity contribution < 1.29 is 19.4 Å². The van der Waals surface area contributed by atoms with Crippen LogP contribution in [0.1, 0.15) is 27.7 Å². The molecule has 2 N–H and O–H groups in total. The van der Waals surface area contributed by atoms with E-state index in [-0.39, 0.29) is 18.1 Å². The van der Waals surface area contributed by atoms with Crippen molar-refractivity contribution in [2.24, 2.45) is 5.41 Å². The third-order valence-electron chi connectivity index (χ3n) is 2.65. The van der Waals surface area contributed by atoms with Crippen molar-refractivity contribution >= 4 is 12.0 Å². The van der Waals surface area contributed by atoms with Crippen LogP contribution in [0.4, 0.5) is 4.79 Å². The summed E-state index contributed by atoms with van der Waals surface area (Å²) in [6, 6.07) is -0.124. The summed E-state index contributed by atoms with van der Waals surface area (Å²) in [5.41, 5.74) is -0.485. The van der Waals surface area contributed by atoms with E-state index in [0.29, 0.717) is 19.6 Å². The second-order valence-corrected chi connectivity index (χ2v) is 6.21. The molecule has 0 bridgehead atoms. The molecule has 6 nitrogen and oxygen atoms in total. The number of nitrogens with zero attached hydrogens (tertiary/aromatic N) is 1. The van der Waals surface area contributed by atoms with Crippen molar-refractivity contribution in [3.8, 4) is 0 Å². The number of ether oxygens (including phenoxy) is 1. The largest absolute Gasteiger partial charge is 0.480 e. The van der Waals surface area contributed by atoms with Crippen molar-refractivity contribution in [3.05, 3.63) is 0 Å². The number of carboxylic acid groups (broad SMARTS) is 1. The molecule has 0 unspecified atom stereocenters. The van der Waals surface area contributed by atoms with Gasteiger partial charge in [-0.1, -0.05) is 20.8 Å². The minimum Gasteiger partial charge on any atom is -0.480 e. The first kappa shape index (κ1) is 14.8. The predicted octanol–water partition coefficient (Wildman–Crippen LogP) is 0.918. The van der Waals surface area contributed by atoms with Gasteiger partial charge in [-0.3, -0.25) is 0 Å². The van der Waals surface area contributed by atoms with Crippen LogP contribution in [0.25, 0.3) is 0 Å². The topological polar surface area (TPSA) is 78.9 Å². The van der Waals surface area contributed by atoms with Gasteiger partial charge in [-0.25, -0.2) is 9.59 Å². The molecule has 2 amide bonds. The number of likely N-dealkylation sites (tertiary alicyclic amines) is 1. The molecule has 1 heterocycles. The number of carboxylic acids is 1. The number of carbonyl (C=O) groups is 2. The van der Waals surface area contributed by atoms with E-state index >= 15 is 0 Å². The molecule has 1 aliphatic heterocycles. The average molecular weight is 258 g/mol. The lowest BCUT2D eigenvalue weighted by atomic mass is 9.96. The second kappa shape index (κ2) is 5.14. The Bertz CT molecular complexity index is 329. The molecule has 0 aromatic heterocycles. The highest BCUT2D eigenvalue weighted by Gasteiger charge is 2.42. The molecule has 1 saturated heterocycles. The summed E-state index contributed by atoms with van der Waals surface area (Å²) in [7, 11) is 0. The van der Waals surface area contributed by atoms with E-state index in [1.54, 1.807) is 4.90 Å². The zero-order chi connectivity index (χ0) is 14.0. The summed E-state index contributed by atoms with van der Waals surface area (Å²) in [5.74, 6) is -0.994. The third kappa shape index (κ3) is 4.52. The van der Waals surface area contributed by atoms with Gasteiger partial charge in [0.25, 0.3) is 0 Å². The van der Waals surface area contributed by atoms with Crippen LogP contribution in [0.5, 0.6) is 0 Å². The zero-order valence-corrected chi connectivity index (χ0v) is 11.4. The molecule has 104 valence electrons. The first-order chi connectivity index (χ1) is 8.11. The van der Waals surface area contributed by atoms with Gasteiger partial charge in [0.15, 0.2) is 0 Å².